The number of pyridine rings is 1. The lowest BCUT2D eigenvalue weighted by Crippen LogP contribution is -2.16. The first-order chi connectivity index (χ1) is 9.51. The van der Waals surface area contributed by atoms with Gasteiger partial charge in [-0.05, 0) is 13.0 Å². The summed E-state index contributed by atoms with van der Waals surface area (Å²) in [6, 6.07) is 1.15. The third kappa shape index (κ3) is 2.49. The Hall–Kier alpha value is -1.30. The molecule has 0 saturated heterocycles. The van der Waals surface area contributed by atoms with Crippen LogP contribution in [0.4, 0.5) is 10.1 Å². The van der Waals surface area contributed by atoms with Gasteiger partial charge in [0, 0.05) is 25.8 Å². The number of nitrogens with two attached hydrogens (primary N) is 1. The van der Waals surface area contributed by atoms with Gasteiger partial charge >= 0.3 is 0 Å². The van der Waals surface area contributed by atoms with Crippen molar-refractivity contribution < 1.29 is 4.39 Å². The summed E-state index contributed by atoms with van der Waals surface area (Å²) in [7, 11) is 0. The molecule has 0 atom stereocenters. The lowest BCUT2D eigenvalue weighted by molar-refractivity contribution is 0.631. The molecule has 108 valence electrons. The molecule has 7 heteroatoms. The first kappa shape index (κ1) is 15.1. The standard InChI is InChI=1S/C13H14Cl2FN3O/c1-2-19-6-8(14)13(20)7-5-9(16)11(18-4-3-17)10(15)12(7)19/h5-6,18H,2-4,17H2,1H3. The third-order valence-electron chi connectivity index (χ3n) is 3.00. The Bertz CT molecular complexity index is 715. The molecule has 2 rings (SSSR count). The average Bonchev–Trinajstić information content (AvgIpc) is 2.42. The minimum Gasteiger partial charge on any atom is -0.380 e. The fraction of sp³-hybridized carbons (Fsp3) is 0.308. The van der Waals surface area contributed by atoms with E-state index in [0.29, 0.717) is 25.2 Å². The first-order valence-electron chi connectivity index (χ1n) is 6.15. The number of fused-ring (bicyclic) bond motifs is 1. The van der Waals surface area contributed by atoms with Crippen LogP contribution in [0, 0.1) is 5.82 Å². The van der Waals surface area contributed by atoms with Crippen LogP contribution in [0.25, 0.3) is 10.9 Å². The Labute approximate surface area is 125 Å². The molecule has 0 aliphatic carbocycles. The number of hydrogen-bond acceptors (Lipinski definition) is 3. The van der Waals surface area contributed by atoms with Gasteiger partial charge in [-0.1, -0.05) is 23.2 Å². The Balaban J connectivity index is 2.83. The third-order valence-corrected chi connectivity index (χ3v) is 3.63. The smallest absolute Gasteiger partial charge is 0.208 e. The van der Waals surface area contributed by atoms with Crippen LogP contribution in [0.3, 0.4) is 0 Å². The second-order valence-corrected chi connectivity index (χ2v) is 5.04. The molecule has 0 aliphatic heterocycles. The summed E-state index contributed by atoms with van der Waals surface area (Å²) in [5.41, 5.74) is 5.56. The van der Waals surface area contributed by atoms with Crippen molar-refractivity contribution in [1.29, 1.82) is 0 Å². The van der Waals surface area contributed by atoms with Crippen molar-refractivity contribution in [2.24, 2.45) is 5.73 Å². The molecule has 0 amide bonds. The molecular weight excluding hydrogens is 304 g/mol. The number of nitrogens with one attached hydrogen (secondary N) is 1. The zero-order chi connectivity index (χ0) is 14.9. The van der Waals surface area contributed by atoms with Gasteiger partial charge in [0.2, 0.25) is 5.43 Å². The first-order valence-corrected chi connectivity index (χ1v) is 6.91. The maximum atomic E-state index is 14.1. The van der Waals surface area contributed by atoms with Gasteiger partial charge in [-0.2, -0.15) is 0 Å². The van der Waals surface area contributed by atoms with Crippen LogP contribution in [0.1, 0.15) is 6.92 Å². The second-order valence-electron chi connectivity index (χ2n) is 4.25. The average molecular weight is 318 g/mol. The Morgan fingerprint density at radius 3 is 2.75 bits per heavy atom. The molecule has 0 saturated carbocycles. The minimum absolute atomic E-state index is 0.0393. The van der Waals surface area contributed by atoms with E-state index in [-0.39, 0.29) is 21.1 Å². The number of rotatable bonds is 4. The molecule has 20 heavy (non-hydrogen) atoms. The molecule has 1 heterocycles. The normalized spacial score (nSPS) is 11.1. The summed E-state index contributed by atoms with van der Waals surface area (Å²) in [6.07, 6.45) is 1.50. The summed E-state index contributed by atoms with van der Waals surface area (Å²) in [5.74, 6) is -0.599. The monoisotopic (exact) mass is 317 g/mol. The maximum Gasteiger partial charge on any atom is 0.208 e. The van der Waals surface area contributed by atoms with E-state index in [2.05, 4.69) is 5.32 Å². The predicted octanol–water partition coefficient (Wildman–Crippen LogP) is 2.84. The van der Waals surface area contributed by atoms with Crippen molar-refractivity contribution in [2.75, 3.05) is 18.4 Å². The Kier molecular flexibility index (Phi) is 4.52. The molecule has 4 nitrogen and oxygen atoms in total. The van der Waals surface area contributed by atoms with Crippen molar-refractivity contribution in [2.45, 2.75) is 13.5 Å². The number of benzene rings is 1. The molecule has 1 aromatic carbocycles. The number of aromatic nitrogens is 1. The van der Waals surface area contributed by atoms with Gasteiger partial charge in [0.15, 0.2) is 0 Å². The van der Waals surface area contributed by atoms with Gasteiger partial charge in [0.05, 0.1) is 21.6 Å². The molecule has 3 N–H and O–H groups in total. The SMILES string of the molecule is CCn1cc(Cl)c(=O)c2cc(F)c(NCCN)c(Cl)c21. The van der Waals surface area contributed by atoms with Crippen LogP contribution in [0.2, 0.25) is 10.0 Å². The van der Waals surface area contributed by atoms with E-state index < -0.39 is 11.2 Å². The molecule has 0 unspecified atom stereocenters. The summed E-state index contributed by atoms with van der Waals surface area (Å²) < 4.78 is 15.8. The van der Waals surface area contributed by atoms with Gasteiger partial charge in [-0.3, -0.25) is 4.79 Å². The van der Waals surface area contributed by atoms with Crippen LogP contribution in [0.5, 0.6) is 0 Å². The van der Waals surface area contributed by atoms with Crippen molar-refractivity contribution in [3.05, 3.63) is 38.3 Å². The summed E-state index contributed by atoms with van der Waals surface area (Å²) in [4.78, 5) is 12.0. The lowest BCUT2D eigenvalue weighted by Gasteiger charge is -2.15. The quantitative estimate of drug-likeness (QED) is 0.911. The highest BCUT2D eigenvalue weighted by molar-refractivity contribution is 6.38. The zero-order valence-electron chi connectivity index (χ0n) is 10.8. The van der Waals surface area contributed by atoms with E-state index in [1.807, 2.05) is 6.92 Å². The Morgan fingerprint density at radius 2 is 2.15 bits per heavy atom. The summed E-state index contributed by atoms with van der Waals surface area (Å²) >= 11 is 12.1. The highest BCUT2D eigenvalue weighted by Crippen LogP contribution is 2.33. The molecular formula is C13H14Cl2FN3O. The van der Waals surface area contributed by atoms with E-state index in [9.17, 15) is 9.18 Å². The van der Waals surface area contributed by atoms with Gasteiger partial charge < -0.3 is 15.6 Å². The second kappa shape index (κ2) is 5.99. The molecule has 2 aromatic rings. The minimum atomic E-state index is -0.599. The number of anilines is 1. The van der Waals surface area contributed by atoms with E-state index in [4.69, 9.17) is 28.9 Å². The predicted molar refractivity (Wildman–Crippen MR) is 81.4 cm³/mol. The number of nitrogens with zero attached hydrogens (tertiary/aromatic N) is 1. The topological polar surface area (TPSA) is 60.0 Å². The van der Waals surface area contributed by atoms with E-state index in [1.54, 1.807) is 4.57 Å². The zero-order valence-corrected chi connectivity index (χ0v) is 12.4. The van der Waals surface area contributed by atoms with Gasteiger partial charge in [-0.25, -0.2) is 4.39 Å². The lowest BCUT2D eigenvalue weighted by atomic mass is 10.1. The van der Waals surface area contributed by atoms with Crippen molar-refractivity contribution in [3.8, 4) is 0 Å². The van der Waals surface area contributed by atoms with Crippen LogP contribution >= 0.6 is 23.2 Å². The molecule has 0 fully saturated rings. The van der Waals surface area contributed by atoms with Crippen molar-refractivity contribution in [3.63, 3.8) is 0 Å². The van der Waals surface area contributed by atoms with Crippen molar-refractivity contribution in [1.82, 2.24) is 4.57 Å². The van der Waals surface area contributed by atoms with Crippen LogP contribution in [0.15, 0.2) is 17.1 Å². The van der Waals surface area contributed by atoms with E-state index >= 15 is 0 Å². The largest absolute Gasteiger partial charge is 0.380 e. The highest BCUT2D eigenvalue weighted by atomic mass is 35.5. The molecule has 0 bridgehead atoms. The number of hydrogen-bond donors (Lipinski definition) is 2. The van der Waals surface area contributed by atoms with E-state index in [1.165, 1.54) is 6.20 Å². The summed E-state index contributed by atoms with van der Waals surface area (Å²) in [6.45, 7) is 3.16. The number of halogens is 3. The van der Waals surface area contributed by atoms with Crippen LogP contribution in [-0.4, -0.2) is 17.7 Å². The molecule has 0 spiro atoms. The number of aryl methyl sites for hydroxylation is 1. The molecule has 0 radical (unpaired) electrons. The maximum absolute atomic E-state index is 14.1. The van der Waals surface area contributed by atoms with Gasteiger partial charge in [-0.15, -0.1) is 0 Å². The molecule has 1 aromatic heterocycles. The van der Waals surface area contributed by atoms with Crippen LogP contribution < -0.4 is 16.5 Å². The fourth-order valence-electron chi connectivity index (χ4n) is 2.06. The fourth-order valence-corrected chi connectivity index (χ4v) is 2.65. The summed E-state index contributed by atoms with van der Waals surface area (Å²) in [5, 5.41) is 3.19. The van der Waals surface area contributed by atoms with E-state index in [0.717, 1.165) is 6.07 Å². The van der Waals surface area contributed by atoms with Gasteiger partial charge in [0.1, 0.15) is 10.8 Å². The van der Waals surface area contributed by atoms with Crippen molar-refractivity contribution >= 4 is 39.8 Å². The highest BCUT2D eigenvalue weighted by Gasteiger charge is 2.17. The molecule has 0 aliphatic rings. The van der Waals surface area contributed by atoms with Gasteiger partial charge in [0.25, 0.3) is 0 Å². The Morgan fingerprint density at radius 1 is 1.45 bits per heavy atom. The van der Waals surface area contributed by atoms with Crippen LogP contribution in [-0.2, 0) is 6.54 Å².